The van der Waals surface area contributed by atoms with Crippen molar-refractivity contribution in [2.45, 2.75) is 37.1 Å². The van der Waals surface area contributed by atoms with Crippen LogP contribution in [0.3, 0.4) is 0 Å². The highest BCUT2D eigenvalue weighted by Gasteiger charge is 2.21. The van der Waals surface area contributed by atoms with E-state index < -0.39 is 0 Å². The molecule has 5 rings (SSSR count). The van der Waals surface area contributed by atoms with Crippen LogP contribution < -0.4 is 0 Å². The number of nitrogens with zero attached hydrogens (tertiary/aromatic N) is 5. The van der Waals surface area contributed by atoms with Crippen molar-refractivity contribution in [1.82, 2.24) is 24.7 Å². The lowest BCUT2D eigenvalue weighted by atomic mass is 9.98. The van der Waals surface area contributed by atoms with Crippen molar-refractivity contribution >= 4 is 23.1 Å². The molecule has 9 heteroatoms. The maximum atomic E-state index is 10.8. The molecule has 2 aromatic carbocycles. The Morgan fingerprint density at radius 2 is 1.83 bits per heavy atom. The van der Waals surface area contributed by atoms with Crippen LogP contribution in [0.15, 0.2) is 77.0 Å². The Bertz CT molecular complexity index is 1450. The van der Waals surface area contributed by atoms with Crippen LogP contribution in [0.4, 0.5) is 0 Å². The van der Waals surface area contributed by atoms with Crippen molar-refractivity contribution in [2.75, 3.05) is 0 Å². The fourth-order valence-corrected chi connectivity index (χ4v) is 5.47. The molecule has 0 fully saturated rings. The Balaban J connectivity index is 1.55. The van der Waals surface area contributed by atoms with Crippen LogP contribution in [0.1, 0.15) is 42.1 Å². The van der Waals surface area contributed by atoms with Crippen molar-refractivity contribution in [2.24, 2.45) is 0 Å². The van der Waals surface area contributed by atoms with Gasteiger partial charge in [0.2, 0.25) is 0 Å². The summed E-state index contributed by atoms with van der Waals surface area (Å²) in [6.07, 6.45) is 4.43. The lowest BCUT2D eigenvalue weighted by molar-refractivity contribution is 0.444. The van der Waals surface area contributed by atoms with E-state index in [2.05, 4.69) is 38.4 Å². The minimum absolute atomic E-state index is 0.0465. The van der Waals surface area contributed by atoms with E-state index in [1.54, 1.807) is 23.6 Å². The Morgan fingerprint density at radius 1 is 1.00 bits per heavy atom. The highest BCUT2D eigenvalue weighted by atomic mass is 32.2. The van der Waals surface area contributed by atoms with E-state index in [9.17, 15) is 10.2 Å². The molecule has 0 atom stereocenters. The monoisotopic (exact) mass is 515 g/mol. The maximum absolute atomic E-state index is 10.8. The topological polar surface area (TPSA) is 97.0 Å². The summed E-state index contributed by atoms with van der Waals surface area (Å²) in [6.45, 7) is 3.99. The van der Waals surface area contributed by atoms with Gasteiger partial charge in [-0.05, 0) is 53.3 Å². The molecular weight excluding hydrogens is 490 g/mol. The molecule has 0 amide bonds. The van der Waals surface area contributed by atoms with Crippen LogP contribution in [0.25, 0.3) is 17.1 Å². The minimum Gasteiger partial charge on any atom is -0.508 e. The molecule has 5 aromatic rings. The summed E-state index contributed by atoms with van der Waals surface area (Å²) in [7, 11) is 0. The first-order chi connectivity index (χ1) is 17.5. The number of aromatic hydroxyl groups is 2. The van der Waals surface area contributed by atoms with Gasteiger partial charge in [-0.2, -0.15) is 0 Å². The summed E-state index contributed by atoms with van der Waals surface area (Å²) >= 11 is 3.09. The zero-order valence-corrected chi connectivity index (χ0v) is 21.5. The summed E-state index contributed by atoms with van der Waals surface area (Å²) in [5.74, 6) is 1.26. The van der Waals surface area contributed by atoms with Gasteiger partial charge in [0, 0.05) is 35.3 Å². The van der Waals surface area contributed by atoms with Crippen LogP contribution >= 0.6 is 23.1 Å². The molecular formula is C27H25N5O2S2. The lowest BCUT2D eigenvalue weighted by Crippen LogP contribution is -2.01. The molecule has 0 radical (unpaired) electrons. The zero-order chi connectivity index (χ0) is 25.1. The summed E-state index contributed by atoms with van der Waals surface area (Å²) < 4.78 is 1.95. The normalized spacial score (nSPS) is 11.3. The number of thioether (sulfide) groups is 1. The van der Waals surface area contributed by atoms with Crippen LogP contribution in [0.2, 0.25) is 0 Å². The molecule has 0 spiro atoms. The third-order valence-electron chi connectivity index (χ3n) is 5.80. The molecule has 0 unspecified atom stereocenters. The fraction of sp³-hybridized carbons (Fsp3) is 0.185. The highest BCUT2D eigenvalue weighted by molar-refractivity contribution is 7.98. The summed E-state index contributed by atoms with van der Waals surface area (Å²) in [5.41, 5.74) is 7.23. The molecule has 7 nitrogen and oxygen atoms in total. The third kappa shape index (κ3) is 5.12. The SMILES string of the molecule is CC(C)c1cc(-c2nnc(SCc3cscn3)n2-c2ccc(Cc3cccnc3)cc2)c(O)cc1O. The second kappa shape index (κ2) is 10.5. The first-order valence-corrected chi connectivity index (χ1v) is 13.4. The lowest BCUT2D eigenvalue weighted by Gasteiger charge is -2.15. The smallest absolute Gasteiger partial charge is 0.196 e. The van der Waals surface area contributed by atoms with E-state index in [1.165, 1.54) is 17.8 Å². The Kier molecular flexibility index (Phi) is 7.02. The van der Waals surface area contributed by atoms with E-state index >= 15 is 0 Å². The van der Waals surface area contributed by atoms with E-state index in [-0.39, 0.29) is 17.4 Å². The number of phenolic OH excluding ortho intramolecular Hbond substituents is 2. The summed E-state index contributed by atoms with van der Waals surface area (Å²) in [5, 5.41) is 32.7. The molecule has 0 bridgehead atoms. The minimum atomic E-state index is -0.0465. The van der Waals surface area contributed by atoms with Gasteiger partial charge in [-0.1, -0.05) is 43.8 Å². The van der Waals surface area contributed by atoms with Gasteiger partial charge in [0.1, 0.15) is 11.5 Å². The van der Waals surface area contributed by atoms with Gasteiger partial charge < -0.3 is 10.2 Å². The molecule has 36 heavy (non-hydrogen) atoms. The second-order valence-electron chi connectivity index (χ2n) is 8.70. The number of hydrogen-bond acceptors (Lipinski definition) is 8. The number of rotatable bonds is 8. The number of thiazole rings is 1. The molecule has 182 valence electrons. The van der Waals surface area contributed by atoms with Crippen LogP contribution in [-0.4, -0.2) is 34.9 Å². The first-order valence-electron chi connectivity index (χ1n) is 11.5. The Morgan fingerprint density at radius 3 is 2.53 bits per heavy atom. The fourth-order valence-electron chi connectivity index (χ4n) is 3.95. The number of phenols is 2. The quantitative estimate of drug-likeness (QED) is 0.237. The predicted molar refractivity (Wildman–Crippen MR) is 143 cm³/mol. The van der Waals surface area contributed by atoms with Crippen molar-refractivity contribution in [3.05, 3.63) is 94.2 Å². The highest BCUT2D eigenvalue weighted by Crippen LogP contribution is 2.39. The third-order valence-corrected chi connectivity index (χ3v) is 7.40. The van der Waals surface area contributed by atoms with Gasteiger partial charge in [-0.15, -0.1) is 21.5 Å². The van der Waals surface area contributed by atoms with Gasteiger partial charge in [-0.25, -0.2) is 4.98 Å². The van der Waals surface area contributed by atoms with E-state index in [1.807, 2.05) is 53.7 Å². The van der Waals surface area contributed by atoms with E-state index in [4.69, 9.17) is 0 Å². The van der Waals surface area contributed by atoms with Gasteiger partial charge in [0.15, 0.2) is 11.0 Å². The predicted octanol–water partition coefficient (Wildman–Crippen LogP) is 6.20. The van der Waals surface area contributed by atoms with Crippen LogP contribution in [0.5, 0.6) is 11.5 Å². The first kappa shape index (κ1) is 24.0. The molecule has 3 aromatic heterocycles. The van der Waals surface area contributed by atoms with Gasteiger partial charge >= 0.3 is 0 Å². The molecule has 2 N–H and O–H groups in total. The van der Waals surface area contributed by atoms with Crippen molar-refractivity contribution in [3.63, 3.8) is 0 Å². The van der Waals surface area contributed by atoms with Crippen molar-refractivity contribution in [1.29, 1.82) is 0 Å². The van der Waals surface area contributed by atoms with Crippen LogP contribution in [0, 0.1) is 0 Å². The molecule has 0 aliphatic rings. The van der Waals surface area contributed by atoms with Crippen molar-refractivity contribution < 1.29 is 10.2 Å². The largest absolute Gasteiger partial charge is 0.508 e. The van der Waals surface area contributed by atoms with Gasteiger partial charge in [-0.3, -0.25) is 9.55 Å². The second-order valence-corrected chi connectivity index (χ2v) is 10.4. The van der Waals surface area contributed by atoms with Crippen LogP contribution in [-0.2, 0) is 12.2 Å². The van der Waals surface area contributed by atoms with Crippen molar-refractivity contribution in [3.8, 4) is 28.6 Å². The Hall–Kier alpha value is -3.69. The molecule has 0 saturated heterocycles. The zero-order valence-electron chi connectivity index (χ0n) is 19.9. The van der Waals surface area contributed by atoms with E-state index in [0.717, 1.165) is 34.5 Å². The standard InChI is InChI=1S/C27H25N5O2S2/c1-17(2)22-11-23(25(34)12-24(22)33)26-30-31-27(36-15-20-14-35-16-29-20)32(26)21-7-5-18(6-8-21)10-19-4-3-9-28-13-19/h3-9,11-14,16-17,33-34H,10,15H2,1-2H3. The number of benzene rings is 2. The summed E-state index contributed by atoms with van der Waals surface area (Å²) in [4.78, 5) is 8.57. The molecule has 0 aliphatic heterocycles. The molecule has 0 saturated carbocycles. The molecule has 3 heterocycles. The average molecular weight is 516 g/mol. The van der Waals surface area contributed by atoms with Gasteiger partial charge in [0.25, 0.3) is 0 Å². The maximum Gasteiger partial charge on any atom is 0.196 e. The summed E-state index contributed by atoms with van der Waals surface area (Å²) in [6, 6.07) is 15.4. The number of hydrogen-bond donors (Lipinski definition) is 2. The van der Waals surface area contributed by atoms with Gasteiger partial charge in [0.05, 0.1) is 16.8 Å². The molecule has 0 aliphatic carbocycles. The average Bonchev–Trinajstić information content (AvgIpc) is 3.54. The number of aromatic nitrogens is 5. The number of pyridine rings is 1. The Labute approximate surface area is 217 Å². The van der Waals surface area contributed by atoms with E-state index in [0.29, 0.717) is 22.3 Å².